The Kier molecular flexibility index (Phi) is 3.46. The first-order valence-electron chi connectivity index (χ1n) is 6.75. The topological polar surface area (TPSA) is 69.8 Å². The van der Waals surface area contributed by atoms with Crippen LogP contribution in [0.1, 0.15) is 18.5 Å². The first kappa shape index (κ1) is 12.2. The van der Waals surface area contributed by atoms with E-state index in [9.17, 15) is 4.79 Å². The average Bonchev–Trinajstić information content (AvgIpc) is 2.83. The molecule has 2 aromatic rings. The van der Waals surface area contributed by atoms with Gasteiger partial charge in [0.2, 0.25) is 5.91 Å². The Morgan fingerprint density at radius 3 is 2.95 bits per heavy atom. The summed E-state index contributed by atoms with van der Waals surface area (Å²) in [5.41, 5.74) is 1.80. The van der Waals surface area contributed by atoms with Crippen molar-refractivity contribution < 1.29 is 4.79 Å². The van der Waals surface area contributed by atoms with Crippen LogP contribution >= 0.6 is 0 Å². The predicted octanol–water partition coefficient (Wildman–Crippen LogP) is 0.974. The molecule has 0 unspecified atom stereocenters. The number of para-hydroxylation sites is 1. The molecule has 1 amide bonds. The van der Waals surface area contributed by atoms with Gasteiger partial charge in [0.15, 0.2) is 0 Å². The highest BCUT2D eigenvalue weighted by Crippen LogP contribution is 2.15. The van der Waals surface area contributed by atoms with Crippen LogP contribution in [0.25, 0.3) is 10.9 Å². The minimum atomic E-state index is 0.0707. The lowest BCUT2D eigenvalue weighted by molar-refractivity contribution is -0.121. The fourth-order valence-electron chi connectivity index (χ4n) is 2.55. The third-order valence-electron chi connectivity index (χ3n) is 3.58. The zero-order valence-electron chi connectivity index (χ0n) is 10.8. The van der Waals surface area contributed by atoms with Gasteiger partial charge in [0.1, 0.15) is 0 Å². The second kappa shape index (κ2) is 5.40. The molecule has 0 bridgehead atoms. The number of hydrogen-bond acceptors (Lipinski definition) is 3. The molecule has 2 heterocycles. The highest BCUT2D eigenvalue weighted by molar-refractivity contribution is 5.87. The minimum Gasteiger partial charge on any atom is -0.353 e. The predicted molar refractivity (Wildman–Crippen MR) is 73.8 cm³/mol. The summed E-state index contributed by atoms with van der Waals surface area (Å²) in [6, 6.07) is 8.16. The van der Waals surface area contributed by atoms with Crippen LogP contribution in [0.5, 0.6) is 0 Å². The standard InChI is InChI=1S/C14H18N4O/c19-14(16-10-5-7-15-8-6-10)9-13-11-3-1-2-4-12(11)17-18-13/h1-4,10,15H,5-9H2,(H,16,19)(H,17,18). The molecule has 5 nitrogen and oxygen atoms in total. The summed E-state index contributed by atoms with van der Waals surface area (Å²) in [7, 11) is 0. The van der Waals surface area contributed by atoms with Crippen LogP contribution in [0.2, 0.25) is 0 Å². The van der Waals surface area contributed by atoms with Crippen molar-refractivity contribution in [2.75, 3.05) is 13.1 Å². The molecule has 0 aliphatic carbocycles. The van der Waals surface area contributed by atoms with E-state index in [1.807, 2.05) is 24.3 Å². The van der Waals surface area contributed by atoms with E-state index < -0.39 is 0 Å². The van der Waals surface area contributed by atoms with E-state index in [4.69, 9.17) is 0 Å². The fraction of sp³-hybridized carbons (Fsp3) is 0.429. The van der Waals surface area contributed by atoms with Gasteiger partial charge >= 0.3 is 0 Å². The van der Waals surface area contributed by atoms with Crippen molar-refractivity contribution in [3.63, 3.8) is 0 Å². The van der Waals surface area contributed by atoms with Gasteiger partial charge in [0.25, 0.3) is 0 Å². The van der Waals surface area contributed by atoms with Gasteiger partial charge in [-0.25, -0.2) is 0 Å². The Morgan fingerprint density at radius 1 is 1.32 bits per heavy atom. The van der Waals surface area contributed by atoms with Crippen molar-refractivity contribution in [1.82, 2.24) is 20.8 Å². The van der Waals surface area contributed by atoms with Gasteiger partial charge < -0.3 is 10.6 Å². The Balaban J connectivity index is 1.65. The quantitative estimate of drug-likeness (QED) is 0.768. The van der Waals surface area contributed by atoms with Crippen LogP contribution < -0.4 is 10.6 Å². The highest BCUT2D eigenvalue weighted by Gasteiger charge is 2.16. The summed E-state index contributed by atoms with van der Waals surface area (Å²) >= 11 is 0. The molecule has 0 atom stereocenters. The summed E-state index contributed by atoms with van der Waals surface area (Å²) in [6.07, 6.45) is 2.38. The Bertz CT molecular complexity index is 572. The summed E-state index contributed by atoms with van der Waals surface area (Å²) in [5.74, 6) is 0.0707. The first-order valence-corrected chi connectivity index (χ1v) is 6.75. The van der Waals surface area contributed by atoms with Crippen LogP contribution in [0, 0.1) is 0 Å². The zero-order valence-corrected chi connectivity index (χ0v) is 10.8. The molecule has 1 fully saturated rings. The molecule has 1 saturated heterocycles. The molecule has 19 heavy (non-hydrogen) atoms. The highest BCUT2D eigenvalue weighted by atomic mass is 16.1. The normalized spacial score (nSPS) is 16.6. The summed E-state index contributed by atoms with van der Waals surface area (Å²) in [4.78, 5) is 12.0. The summed E-state index contributed by atoms with van der Waals surface area (Å²) < 4.78 is 0. The number of H-pyrrole nitrogens is 1. The molecule has 0 saturated carbocycles. The Labute approximate surface area is 111 Å². The maximum atomic E-state index is 12.0. The second-order valence-electron chi connectivity index (χ2n) is 4.99. The number of nitrogens with one attached hydrogen (secondary N) is 3. The number of aromatic nitrogens is 2. The molecule has 0 radical (unpaired) electrons. The lowest BCUT2D eigenvalue weighted by atomic mass is 10.1. The first-order chi connectivity index (χ1) is 9.33. The number of carbonyl (C=O) groups is 1. The van der Waals surface area contributed by atoms with Crippen molar-refractivity contribution in [3.05, 3.63) is 30.0 Å². The number of carbonyl (C=O) groups excluding carboxylic acids is 1. The number of benzene rings is 1. The minimum absolute atomic E-state index is 0.0707. The largest absolute Gasteiger partial charge is 0.353 e. The third kappa shape index (κ3) is 2.76. The molecule has 100 valence electrons. The van der Waals surface area contributed by atoms with Gasteiger partial charge in [-0.15, -0.1) is 0 Å². The van der Waals surface area contributed by atoms with Crippen LogP contribution in [-0.4, -0.2) is 35.2 Å². The van der Waals surface area contributed by atoms with Gasteiger partial charge in [-0.2, -0.15) is 5.10 Å². The van der Waals surface area contributed by atoms with Gasteiger partial charge in [0, 0.05) is 11.4 Å². The number of piperidine rings is 1. The molecule has 1 aliphatic rings. The molecule has 1 aliphatic heterocycles. The monoisotopic (exact) mass is 258 g/mol. The Hall–Kier alpha value is -1.88. The van der Waals surface area contributed by atoms with E-state index in [-0.39, 0.29) is 5.91 Å². The van der Waals surface area contributed by atoms with Crippen molar-refractivity contribution in [1.29, 1.82) is 0 Å². The van der Waals surface area contributed by atoms with Crippen molar-refractivity contribution >= 4 is 16.8 Å². The smallest absolute Gasteiger partial charge is 0.226 e. The number of hydrogen-bond donors (Lipinski definition) is 3. The number of aromatic amines is 1. The summed E-state index contributed by atoms with van der Waals surface area (Å²) in [5, 5.41) is 14.6. The average molecular weight is 258 g/mol. The summed E-state index contributed by atoms with van der Waals surface area (Å²) in [6.45, 7) is 1.97. The molecule has 0 spiro atoms. The van der Waals surface area contributed by atoms with Gasteiger partial charge in [0.05, 0.1) is 17.6 Å². The van der Waals surface area contributed by atoms with Crippen LogP contribution in [-0.2, 0) is 11.2 Å². The van der Waals surface area contributed by atoms with Gasteiger partial charge in [-0.1, -0.05) is 18.2 Å². The number of fused-ring (bicyclic) bond motifs is 1. The second-order valence-corrected chi connectivity index (χ2v) is 4.99. The maximum absolute atomic E-state index is 12.0. The molecule has 3 N–H and O–H groups in total. The van der Waals surface area contributed by atoms with E-state index in [1.165, 1.54) is 0 Å². The molecular formula is C14H18N4O. The van der Waals surface area contributed by atoms with Crippen molar-refractivity contribution in [3.8, 4) is 0 Å². The van der Waals surface area contributed by atoms with Crippen LogP contribution in [0.3, 0.4) is 0 Å². The van der Waals surface area contributed by atoms with Crippen molar-refractivity contribution in [2.45, 2.75) is 25.3 Å². The Morgan fingerprint density at radius 2 is 2.11 bits per heavy atom. The molecule has 3 rings (SSSR count). The third-order valence-corrected chi connectivity index (χ3v) is 3.58. The number of amides is 1. The van der Waals surface area contributed by atoms with E-state index in [0.29, 0.717) is 12.5 Å². The van der Waals surface area contributed by atoms with E-state index in [2.05, 4.69) is 20.8 Å². The van der Waals surface area contributed by atoms with E-state index >= 15 is 0 Å². The van der Waals surface area contributed by atoms with Crippen molar-refractivity contribution in [2.24, 2.45) is 0 Å². The van der Waals surface area contributed by atoms with Crippen LogP contribution in [0.15, 0.2) is 24.3 Å². The fourth-order valence-corrected chi connectivity index (χ4v) is 2.55. The molecular weight excluding hydrogens is 240 g/mol. The van der Waals surface area contributed by atoms with Gasteiger partial charge in [-0.3, -0.25) is 9.89 Å². The molecule has 1 aromatic heterocycles. The molecule has 1 aromatic carbocycles. The van der Waals surface area contributed by atoms with E-state index in [0.717, 1.165) is 42.5 Å². The van der Waals surface area contributed by atoms with E-state index in [1.54, 1.807) is 0 Å². The molecule has 5 heteroatoms. The number of nitrogens with zero attached hydrogens (tertiary/aromatic N) is 1. The number of rotatable bonds is 3. The lowest BCUT2D eigenvalue weighted by Crippen LogP contribution is -2.43. The maximum Gasteiger partial charge on any atom is 0.226 e. The zero-order chi connectivity index (χ0) is 13.1. The van der Waals surface area contributed by atoms with Crippen LogP contribution in [0.4, 0.5) is 0 Å². The SMILES string of the molecule is O=C(Cc1[nH]nc2ccccc12)NC1CCNCC1. The lowest BCUT2D eigenvalue weighted by Gasteiger charge is -2.23. The van der Waals surface area contributed by atoms with Gasteiger partial charge in [-0.05, 0) is 32.0 Å².